The van der Waals surface area contributed by atoms with Crippen molar-refractivity contribution in [3.63, 3.8) is 0 Å². The van der Waals surface area contributed by atoms with Crippen molar-refractivity contribution in [3.05, 3.63) is 46.2 Å². The first-order valence-corrected chi connectivity index (χ1v) is 7.64. The smallest absolute Gasteiger partial charge is 0.397 e. The number of rotatable bonds is 4. The lowest BCUT2D eigenvalue weighted by Crippen LogP contribution is -2.26. The van der Waals surface area contributed by atoms with Gasteiger partial charge in [0.05, 0.1) is 16.9 Å². The number of hydrogen-bond donors (Lipinski definition) is 1. The Morgan fingerprint density at radius 3 is 2.52 bits per heavy atom. The van der Waals surface area contributed by atoms with Gasteiger partial charge in [-0.05, 0) is 53.4 Å². The summed E-state index contributed by atoms with van der Waals surface area (Å²) in [6, 6.07) is 6.03. The number of alkyl halides is 3. The molecule has 0 atom stereocenters. The van der Waals surface area contributed by atoms with Crippen LogP contribution in [-0.4, -0.2) is 6.04 Å². The van der Waals surface area contributed by atoms with Gasteiger partial charge in [-0.1, -0.05) is 0 Å². The van der Waals surface area contributed by atoms with E-state index < -0.39 is 11.7 Å². The zero-order chi connectivity index (χ0) is 15.0. The Hall–Kier alpha value is -1.69. The highest BCUT2D eigenvalue weighted by atomic mass is 32.1. The van der Waals surface area contributed by atoms with E-state index in [9.17, 15) is 13.2 Å². The standard InChI is InChI=1S/C15H15F3N2S/c16-15(17,18)11-1-4-14(13(19)7-11)20(12-2-3-12)8-10-5-6-21-9-10/h1,4-7,9,12H,2-3,8,19H2. The van der Waals surface area contributed by atoms with E-state index in [-0.39, 0.29) is 5.69 Å². The summed E-state index contributed by atoms with van der Waals surface area (Å²) in [5.41, 5.74) is 7.21. The molecule has 1 aliphatic rings. The van der Waals surface area contributed by atoms with E-state index in [1.165, 1.54) is 6.07 Å². The molecule has 0 amide bonds. The SMILES string of the molecule is Nc1cc(C(F)(F)F)ccc1N(Cc1ccsc1)C1CC1. The van der Waals surface area contributed by atoms with Crippen molar-refractivity contribution in [1.82, 2.24) is 0 Å². The molecule has 1 heterocycles. The summed E-state index contributed by atoms with van der Waals surface area (Å²) in [5.74, 6) is 0. The van der Waals surface area contributed by atoms with Crippen LogP contribution in [0, 0.1) is 0 Å². The van der Waals surface area contributed by atoms with Crippen LogP contribution in [0.1, 0.15) is 24.0 Å². The second kappa shape index (κ2) is 5.26. The molecule has 0 saturated heterocycles. The predicted octanol–water partition coefficient (Wildman–Crippen LogP) is 4.52. The van der Waals surface area contributed by atoms with Crippen LogP contribution in [-0.2, 0) is 12.7 Å². The zero-order valence-electron chi connectivity index (χ0n) is 11.2. The Morgan fingerprint density at radius 2 is 2.00 bits per heavy atom. The predicted molar refractivity (Wildman–Crippen MR) is 79.4 cm³/mol. The van der Waals surface area contributed by atoms with Crippen molar-refractivity contribution < 1.29 is 13.2 Å². The molecule has 0 unspecified atom stereocenters. The van der Waals surface area contributed by atoms with E-state index in [0.717, 1.165) is 30.5 Å². The summed E-state index contributed by atoms with van der Waals surface area (Å²) in [6.07, 6.45) is -2.24. The molecule has 0 spiro atoms. The van der Waals surface area contributed by atoms with E-state index in [1.54, 1.807) is 11.3 Å². The van der Waals surface area contributed by atoms with Gasteiger partial charge in [0.25, 0.3) is 0 Å². The highest BCUT2D eigenvalue weighted by Crippen LogP contribution is 2.39. The number of nitrogen functional groups attached to an aromatic ring is 1. The van der Waals surface area contributed by atoms with Crippen molar-refractivity contribution in [2.45, 2.75) is 31.6 Å². The van der Waals surface area contributed by atoms with Crippen molar-refractivity contribution in [3.8, 4) is 0 Å². The first-order chi connectivity index (χ1) is 9.95. The average Bonchev–Trinajstić information content (AvgIpc) is 3.13. The van der Waals surface area contributed by atoms with Gasteiger partial charge in [0, 0.05) is 12.6 Å². The lowest BCUT2D eigenvalue weighted by Gasteiger charge is -2.26. The van der Waals surface area contributed by atoms with E-state index in [1.807, 2.05) is 11.4 Å². The van der Waals surface area contributed by atoms with Gasteiger partial charge in [-0.25, -0.2) is 0 Å². The van der Waals surface area contributed by atoms with Gasteiger partial charge in [-0.3, -0.25) is 0 Å². The summed E-state index contributed by atoms with van der Waals surface area (Å²) in [5, 5.41) is 4.05. The molecular weight excluding hydrogens is 297 g/mol. The summed E-state index contributed by atoms with van der Waals surface area (Å²) in [7, 11) is 0. The monoisotopic (exact) mass is 312 g/mol. The maximum atomic E-state index is 12.7. The fraction of sp³-hybridized carbons (Fsp3) is 0.333. The molecule has 1 fully saturated rings. The Balaban J connectivity index is 1.89. The van der Waals surface area contributed by atoms with Gasteiger partial charge in [0.2, 0.25) is 0 Å². The van der Waals surface area contributed by atoms with Crippen molar-refractivity contribution in [2.24, 2.45) is 0 Å². The molecule has 1 saturated carbocycles. The van der Waals surface area contributed by atoms with Gasteiger partial charge < -0.3 is 10.6 Å². The number of thiophene rings is 1. The molecule has 2 N–H and O–H groups in total. The van der Waals surface area contributed by atoms with Gasteiger partial charge in [-0.2, -0.15) is 24.5 Å². The Morgan fingerprint density at radius 1 is 1.24 bits per heavy atom. The van der Waals surface area contributed by atoms with E-state index >= 15 is 0 Å². The molecule has 3 rings (SSSR count). The van der Waals surface area contributed by atoms with Crippen LogP contribution < -0.4 is 10.6 Å². The molecule has 0 radical (unpaired) electrons. The zero-order valence-corrected chi connectivity index (χ0v) is 12.0. The lowest BCUT2D eigenvalue weighted by molar-refractivity contribution is -0.137. The summed E-state index contributed by atoms with van der Waals surface area (Å²) < 4.78 is 38.1. The number of nitrogens with zero attached hydrogens (tertiary/aromatic N) is 1. The summed E-state index contributed by atoms with van der Waals surface area (Å²) in [4.78, 5) is 2.11. The molecule has 21 heavy (non-hydrogen) atoms. The number of hydrogen-bond acceptors (Lipinski definition) is 3. The van der Waals surface area contributed by atoms with Crippen molar-refractivity contribution >= 4 is 22.7 Å². The van der Waals surface area contributed by atoms with E-state index in [2.05, 4.69) is 10.3 Å². The first-order valence-electron chi connectivity index (χ1n) is 6.69. The van der Waals surface area contributed by atoms with Crippen LogP contribution in [0.25, 0.3) is 0 Å². The van der Waals surface area contributed by atoms with Gasteiger partial charge in [0.1, 0.15) is 0 Å². The fourth-order valence-electron chi connectivity index (χ4n) is 2.37. The number of halogens is 3. The van der Waals surface area contributed by atoms with Crippen LogP contribution in [0.5, 0.6) is 0 Å². The highest BCUT2D eigenvalue weighted by Gasteiger charge is 2.33. The van der Waals surface area contributed by atoms with Crippen LogP contribution in [0.15, 0.2) is 35.0 Å². The normalized spacial score (nSPS) is 15.2. The molecule has 1 aromatic carbocycles. The van der Waals surface area contributed by atoms with Gasteiger partial charge >= 0.3 is 6.18 Å². The Labute approximate surface area is 125 Å². The summed E-state index contributed by atoms with van der Waals surface area (Å²) >= 11 is 1.61. The molecule has 6 heteroatoms. The maximum Gasteiger partial charge on any atom is 0.416 e. The van der Waals surface area contributed by atoms with E-state index in [0.29, 0.717) is 18.3 Å². The quantitative estimate of drug-likeness (QED) is 0.841. The summed E-state index contributed by atoms with van der Waals surface area (Å²) in [6.45, 7) is 0.684. The topological polar surface area (TPSA) is 29.3 Å². The van der Waals surface area contributed by atoms with Crippen LogP contribution in [0.3, 0.4) is 0 Å². The molecule has 0 aliphatic heterocycles. The van der Waals surface area contributed by atoms with Crippen LogP contribution in [0.4, 0.5) is 24.5 Å². The lowest BCUT2D eigenvalue weighted by atomic mass is 10.1. The minimum atomic E-state index is -4.36. The van der Waals surface area contributed by atoms with Crippen LogP contribution in [0.2, 0.25) is 0 Å². The average molecular weight is 312 g/mol. The third-order valence-corrected chi connectivity index (χ3v) is 4.32. The fourth-order valence-corrected chi connectivity index (χ4v) is 3.03. The molecule has 0 bridgehead atoms. The minimum Gasteiger partial charge on any atom is -0.397 e. The molecule has 1 aromatic heterocycles. The largest absolute Gasteiger partial charge is 0.416 e. The van der Waals surface area contributed by atoms with Crippen LogP contribution >= 0.6 is 11.3 Å². The Bertz CT molecular complexity index is 618. The second-order valence-corrected chi connectivity index (χ2v) is 6.04. The molecule has 1 aliphatic carbocycles. The van der Waals surface area contributed by atoms with Gasteiger partial charge in [-0.15, -0.1) is 0 Å². The minimum absolute atomic E-state index is 0.187. The molecule has 2 aromatic rings. The van der Waals surface area contributed by atoms with Crippen molar-refractivity contribution in [1.29, 1.82) is 0 Å². The first kappa shape index (κ1) is 14.3. The highest BCUT2D eigenvalue weighted by molar-refractivity contribution is 7.07. The van der Waals surface area contributed by atoms with E-state index in [4.69, 9.17) is 5.73 Å². The molecular formula is C15H15F3N2S. The number of anilines is 2. The number of benzene rings is 1. The second-order valence-electron chi connectivity index (χ2n) is 5.26. The Kier molecular flexibility index (Phi) is 3.57. The number of nitrogens with two attached hydrogens (primary N) is 1. The van der Waals surface area contributed by atoms with Gasteiger partial charge in [0.15, 0.2) is 0 Å². The maximum absolute atomic E-state index is 12.7. The third kappa shape index (κ3) is 3.15. The molecule has 2 nitrogen and oxygen atoms in total. The molecule has 112 valence electrons. The third-order valence-electron chi connectivity index (χ3n) is 3.58. The van der Waals surface area contributed by atoms with Crippen molar-refractivity contribution in [2.75, 3.05) is 10.6 Å².